The Morgan fingerprint density at radius 1 is 1.03 bits per heavy atom. The average Bonchev–Trinajstić information content (AvgIpc) is 3.09. The van der Waals surface area contributed by atoms with E-state index in [9.17, 15) is 14.4 Å². The Balaban J connectivity index is 1.49. The lowest BCUT2D eigenvalue weighted by Gasteiger charge is -2.34. The predicted molar refractivity (Wildman–Crippen MR) is 127 cm³/mol. The molecule has 0 aliphatic carbocycles. The second-order valence-corrected chi connectivity index (χ2v) is 9.54. The van der Waals surface area contributed by atoms with Crippen molar-refractivity contribution < 1.29 is 14.4 Å². The Morgan fingerprint density at radius 2 is 1.78 bits per heavy atom. The quantitative estimate of drug-likeness (QED) is 0.707. The molecule has 1 atom stereocenters. The minimum absolute atomic E-state index is 0.105. The van der Waals surface area contributed by atoms with Crippen LogP contribution in [-0.4, -0.2) is 47.5 Å². The molecule has 3 amide bonds. The summed E-state index contributed by atoms with van der Waals surface area (Å²) in [7, 11) is 0. The standard InChI is InChI=1S/C25H29N3O3S/c1-18-9-8-10-19(15-18)16-26-22(29)17-28-20-11-4-5-12-21(20)32-23(25(28)31)24(30)27-13-6-2-3-7-14-27/h4-5,8-12,15,23H,2-3,6-7,13-14,16-17H2,1H3,(H,26,29)/t23-/m0/s1. The number of benzene rings is 2. The van der Waals surface area contributed by atoms with Gasteiger partial charge in [-0.15, -0.1) is 11.8 Å². The summed E-state index contributed by atoms with van der Waals surface area (Å²) in [4.78, 5) is 43.5. The van der Waals surface area contributed by atoms with Gasteiger partial charge in [0.2, 0.25) is 11.8 Å². The average molecular weight is 452 g/mol. The number of carbonyl (C=O) groups is 3. The Labute approximate surface area is 193 Å². The molecular formula is C25H29N3O3S. The van der Waals surface area contributed by atoms with Crippen molar-refractivity contribution >= 4 is 35.2 Å². The summed E-state index contributed by atoms with van der Waals surface area (Å²) in [6.45, 7) is 3.69. The zero-order valence-electron chi connectivity index (χ0n) is 18.4. The first-order valence-electron chi connectivity index (χ1n) is 11.2. The van der Waals surface area contributed by atoms with E-state index >= 15 is 0 Å². The minimum Gasteiger partial charge on any atom is -0.350 e. The van der Waals surface area contributed by atoms with Gasteiger partial charge in [-0.2, -0.15) is 0 Å². The first kappa shape index (κ1) is 22.4. The Hall–Kier alpha value is -2.80. The van der Waals surface area contributed by atoms with E-state index in [1.807, 2.05) is 60.4 Å². The summed E-state index contributed by atoms with van der Waals surface area (Å²) in [5, 5.41) is 2.07. The number of fused-ring (bicyclic) bond motifs is 1. The summed E-state index contributed by atoms with van der Waals surface area (Å²) >= 11 is 1.30. The number of likely N-dealkylation sites (tertiary alicyclic amines) is 1. The van der Waals surface area contributed by atoms with Crippen LogP contribution in [0.15, 0.2) is 53.4 Å². The largest absolute Gasteiger partial charge is 0.350 e. The number of thioether (sulfide) groups is 1. The molecule has 6 nitrogen and oxygen atoms in total. The van der Waals surface area contributed by atoms with Crippen molar-refractivity contribution in [1.29, 1.82) is 0 Å². The van der Waals surface area contributed by atoms with Gasteiger partial charge in [0.15, 0.2) is 5.25 Å². The second kappa shape index (κ2) is 10.2. The normalized spacial score (nSPS) is 18.7. The molecule has 0 aromatic heterocycles. The van der Waals surface area contributed by atoms with Crippen LogP contribution in [0.3, 0.4) is 0 Å². The number of nitrogens with zero attached hydrogens (tertiary/aromatic N) is 2. The third kappa shape index (κ3) is 5.15. The monoisotopic (exact) mass is 451 g/mol. The van der Waals surface area contributed by atoms with Gasteiger partial charge < -0.3 is 15.1 Å². The molecule has 2 aliphatic rings. The van der Waals surface area contributed by atoms with E-state index in [1.165, 1.54) is 16.7 Å². The maximum Gasteiger partial charge on any atom is 0.250 e. The summed E-state index contributed by atoms with van der Waals surface area (Å²) in [6.07, 6.45) is 4.18. The molecule has 2 aliphatic heterocycles. The van der Waals surface area contributed by atoms with Gasteiger partial charge in [0.1, 0.15) is 6.54 Å². The lowest BCUT2D eigenvalue weighted by molar-refractivity contribution is -0.135. The number of aryl methyl sites for hydroxylation is 1. The topological polar surface area (TPSA) is 69.7 Å². The first-order valence-corrected chi connectivity index (χ1v) is 12.1. The van der Waals surface area contributed by atoms with Crippen molar-refractivity contribution in [3.05, 3.63) is 59.7 Å². The van der Waals surface area contributed by atoms with Gasteiger partial charge in [0.05, 0.1) is 5.69 Å². The van der Waals surface area contributed by atoms with E-state index < -0.39 is 5.25 Å². The highest BCUT2D eigenvalue weighted by Gasteiger charge is 2.40. The zero-order valence-corrected chi connectivity index (χ0v) is 19.2. The van der Waals surface area contributed by atoms with Crippen LogP contribution in [0.2, 0.25) is 0 Å². The third-order valence-corrected chi connectivity index (χ3v) is 7.15. The molecule has 2 aromatic rings. The highest BCUT2D eigenvalue weighted by molar-refractivity contribution is 8.01. The molecule has 2 heterocycles. The van der Waals surface area contributed by atoms with Crippen LogP contribution in [0.4, 0.5) is 5.69 Å². The van der Waals surface area contributed by atoms with Gasteiger partial charge in [-0.05, 0) is 37.5 Å². The number of amides is 3. The van der Waals surface area contributed by atoms with Crippen LogP contribution in [0.25, 0.3) is 0 Å². The molecule has 0 radical (unpaired) electrons. The van der Waals surface area contributed by atoms with Gasteiger partial charge in [-0.25, -0.2) is 0 Å². The maximum absolute atomic E-state index is 13.4. The fraction of sp³-hybridized carbons (Fsp3) is 0.400. The van der Waals surface area contributed by atoms with Gasteiger partial charge in [0.25, 0.3) is 5.91 Å². The number of nitrogens with one attached hydrogen (secondary N) is 1. The van der Waals surface area contributed by atoms with Crippen LogP contribution in [0, 0.1) is 6.92 Å². The van der Waals surface area contributed by atoms with E-state index in [-0.39, 0.29) is 24.3 Å². The van der Waals surface area contributed by atoms with Crippen molar-refractivity contribution in [1.82, 2.24) is 10.2 Å². The fourth-order valence-electron chi connectivity index (χ4n) is 4.22. The van der Waals surface area contributed by atoms with Crippen LogP contribution in [-0.2, 0) is 20.9 Å². The van der Waals surface area contributed by atoms with Crippen molar-refractivity contribution in [2.45, 2.75) is 49.3 Å². The SMILES string of the molecule is Cc1cccc(CNC(=O)CN2C(=O)[C@H](C(=O)N3CCCCCC3)Sc3ccccc32)c1. The van der Waals surface area contributed by atoms with Gasteiger partial charge in [0, 0.05) is 24.5 Å². The van der Waals surface area contributed by atoms with Crippen LogP contribution >= 0.6 is 11.8 Å². The first-order chi connectivity index (χ1) is 15.5. The van der Waals surface area contributed by atoms with Crippen molar-refractivity contribution in [3.8, 4) is 0 Å². The molecule has 168 valence electrons. The molecule has 4 rings (SSSR count). The summed E-state index contributed by atoms with van der Waals surface area (Å²) in [6, 6.07) is 15.4. The molecule has 0 spiro atoms. The second-order valence-electron chi connectivity index (χ2n) is 8.40. The lowest BCUT2D eigenvalue weighted by Crippen LogP contribution is -2.52. The number of para-hydroxylation sites is 1. The Morgan fingerprint density at radius 3 is 2.53 bits per heavy atom. The number of carbonyl (C=O) groups excluding carboxylic acids is 3. The molecule has 0 bridgehead atoms. The Kier molecular flexibility index (Phi) is 7.15. The van der Waals surface area contributed by atoms with Gasteiger partial charge >= 0.3 is 0 Å². The third-order valence-electron chi connectivity index (χ3n) is 5.91. The van der Waals surface area contributed by atoms with Crippen LogP contribution in [0.5, 0.6) is 0 Å². The van der Waals surface area contributed by atoms with E-state index in [1.54, 1.807) is 0 Å². The fourth-order valence-corrected chi connectivity index (χ4v) is 5.40. The Bertz CT molecular complexity index is 1000. The molecule has 0 unspecified atom stereocenters. The van der Waals surface area contributed by atoms with Gasteiger partial charge in [-0.3, -0.25) is 14.4 Å². The zero-order chi connectivity index (χ0) is 22.5. The molecular weight excluding hydrogens is 422 g/mol. The summed E-state index contributed by atoms with van der Waals surface area (Å²) < 4.78 is 0. The highest BCUT2D eigenvalue weighted by Crippen LogP contribution is 2.39. The van der Waals surface area contributed by atoms with E-state index in [0.717, 1.165) is 41.7 Å². The molecule has 1 saturated heterocycles. The van der Waals surface area contributed by atoms with E-state index in [2.05, 4.69) is 5.32 Å². The van der Waals surface area contributed by atoms with Gasteiger partial charge in [-0.1, -0.05) is 54.8 Å². The van der Waals surface area contributed by atoms with Crippen molar-refractivity contribution in [2.24, 2.45) is 0 Å². The number of rotatable bonds is 5. The number of hydrogen-bond donors (Lipinski definition) is 1. The molecule has 1 fully saturated rings. The number of hydrogen-bond acceptors (Lipinski definition) is 4. The number of anilines is 1. The van der Waals surface area contributed by atoms with E-state index in [4.69, 9.17) is 0 Å². The molecule has 0 saturated carbocycles. The molecule has 7 heteroatoms. The van der Waals surface area contributed by atoms with Crippen LogP contribution < -0.4 is 10.2 Å². The smallest absolute Gasteiger partial charge is 0.250 e. The van der Waals surface area contributed by atoms with Crippen molar-refractivity contribution in [3.63, 3.8) is 0 Å². The maximum atomic E-state index is 13.4. The lowest BCUT2D eigenvalue weighted by atomic mass is 10.1. The highest BCUT2D eigenvalue weighted by atomic mass is 32.2. The molecule has 1 N–H and O–H groups in total. The summed E-state index contributed by atoms with van der Waals surface area (Å²) in [5.41, 5.74) is 2.82. The minimum atomic E-state index is -0.840. The molecule has 2 aromatic carbocycles. The van der Waals surface area contributed by atoms with Crippen molar-refractivity contribution in [2.75, 3.05) is 24.5 Å². The molecule has 32 heavy (non-hydrogen) atoms. The predicted octanol–water partition coefficient (Wildman–Crippen LogP) is 3.52. The van der Waals surface area contributed by atoms with E-state index in [0.29, 0.717) is 25.3 Å². The van der Waals surface area contributed by atoms with Crippen LogP contribution in [0.1, 0.15) is 36.8 Å². The summed E-state index contributed by atoms with van der Waals surface area (Å²) in [5.74, 6) is -0.697.